The van der Waals surface area contributed by atoms with Gasteiger partial charge < -0.3 is 5.32 Å². The van der Waals surface area contributed by atoms with Gasteiger partial charge in [-0.1, -0.05) is 0 Å². The first-order chi connectivity index (χ1) is 8.66. The molecule has 1 heterocycles. The Morgan fingerprint density at radius 3 is 2.84 bits per heavy atom. The van der Waals surface area contributed by atoms with Gasteiger partial charge in [-0.3, -0.25) is 4.90 Å². The van der Waals surface area contributed by atoms with Crippen LogP contribution in [0.5, 0.6) is 0 Å². The van der Waals surface area contributed by atoms with Crippen molar-refractivity contribution < 1.29 is 8.78 Å². The van der Waals surface area contributed by atoms with E-state index in [2.05, 4.69) is 10.2 Å². The minimum atomic E-state index is -0.373. The molecule has 108 valence electrons. The van der Waals surface area contributed by atoms with Gasteiger partial charge in [-0.15, -0.1) is 12.4 Å². The van der Waals surface area contributed by atoms with E-state index in [0.29, 0.717) is 18.2 Å². The van der Waals surface area contributed by atoms with Crippen molar-refractivity contribution >= 4 is 12.4 Å². The summed E-state index contributed by atoms with van der Waals surface area (Å²) < 4.78 is 26.7. The summed E-state index contributed by atoms with van der Waals surface area (Å²) in [5.41, 5.74) is 0.440. The highest BCUT2D eigenvalue weighted by molar-refractivity contribution is 5.85. The average molecular weight is 291 g/mol. The lowest BCUT2D eigenvalue weighted by atomic mass is 10.1. The summed E-state index contributed by atoms with van der Waals surface area (Å²) in [7, 11) is 1.99. The van der Waals surface area contributed by atoms with Crippen LogP contribution >= 0.6 is 12.4 Å². The monoisotopic (exact) mass is 290 g/mol. The molecule has 2 nitrogen and oxygen atoms in total. The molecule has 0 bridgehead atoms. The van der Waals surface area contributed by atoms with Crippen LogP contribution in [0.1, 0.15) is 24.8 Å². The van der Waals surface area contributed by atoms with Crippen molar-refractivity contribution in [1.29, 1.82) is 0 Å². The van der Waals surface area contributed by atoms with E-state index in [4.69, 9.17) is 0 Å². The molecule has 1 atom stereocenters. The summed E-state index contributed by atoms with van der Waals surface area (Å²) in [4.78, 5) is 2.13. The van der Waals surface area contributed by atoms with E-state index in [1.54, 1.807) is 0 Å². The van der Waals surface area contributed by atoms with Crippen LogP contribution in [0.3, 0.4) is 0 Å². The molecular formula is C14H21ClF2N2. The van der Waals surface area contributed by atoms with Crippen LogP contribution in [-0.2, 0) is 6.54 Å². The minimum Gasteiger partial charge on any atom is -0.317 e. The highest BCUT2D eigenvalue weighted by Gasteiger charge is 2.18. The third kappa shape index (κ3) is 4.71. The molecule has 1 unspecified atom stereocenters. The van der Waals surface area contributed by atoms with Crippen molar-refractivity contribution in [3.63, 3.8) is 0 Å². The standard InChI is InChI=1S/C14H20F2N2.ClH/c1-18(13-3-2-7-17-8-6-13)10-11-9-12(15)4-5-14(11)16;/h4-5,9,13,17H,2-3,6-8,10H2,1H3;1H. The van der Waals surface area contributed by atoms with Crippen molar-refractivity contribution in [2.45, 2.75) is 31.8 Å². The SMILES string of the molecule is CN(Cc1cc(F)ccc1F)C1CCCNCC1.Cl. The number of hydrogen-bond acceptors (Lipinski definition) is 2. The van der Waals surface area contributed by atoms with Gasteiger partial charge in [0.1, 0.15) is 11.6 Å². The molecule has 1 N–H and O–H groups in total. The van der Waals surface area contributed by atoms with E-state index >= 15 is 0 Å². The molecule has 1 aromatic rings. The van der Waals surface area contributed by atoms with Gasteiger partial charge in [-0.2, -0.15) is 0 Å². The topological polar surface area (TPSA) is 15.3 Å². The van der Waals surface area contributed by atoms with Crippen molar-refractivity contribution in [3.8, 4) is 0 Å². The molecule has 0 spiro atoms. The molecule has 1 aromatic carbocycles. The first-order valence-electron chi connectivity index (χ1n) is 6.51. The van der Waals surface area contributed by atoms with E-state index in [-0.39, 0.29) is 24.0 Å². The second-order valence-corrected chi connectivity index (χ2v) is 4.99. The number of benzene rings is 1. The quantitative estimate of drug-likeness (QED) is 0.921. The van der Waals surface area contributed by atoms with Crippen LogP contribution in [0.4, 0.5) is 8.78 Å². The number of nitrogens with zero attached hydrogens (tertiary/aromatic N) is 1. The maximum atomic E-state index is 13.6. The van der Waals surface area contributed by atoms with E-state index < -0.39 is 0 Å². The zero-order valence-corrected chi connectivity index (χ0v) is 12.0. The van der Waals surface area contributed by atoms with Gasteiger partial charge in [0.05, 0.1) is 0 Å². The van der Waals surface area contributed by atoms with Crippen molar-refractivity contribution in [2.24, 2.45) is 0 Å². The van der Waals surface area contributed by atoms with Gasteiger partial charge in [-0.05, 0) is 57.6 Å². The fourth-order valence-electron chi connectivity index (χ4n) is 2.50. The van der Waals surface area contributed by atoms with Crippen molar-refractivity contribution in [1.82, 2.24) is 10.2 Å². The maximum absolute atomic E-state index is 13.6. The lowest BCUT2D eigenvalue weighted by Gasteiger charge is -2.27. The molecule has 0 amide bonds. The molecule has 5 heteroatoms. The molecule has 1 fully saturated rings. The molecule has 1 aliphatic rings. The normalized spacial score (nSPS) is 19.9. The molecule has 1 saturated heterocycles. The van der Waals surface area contributed by atoms with Crippen LogP contribution in [0, 0.1) is 11.6 Å². The van der Waals surface area contributed by atoms with E-state index in [0.717, 1.165) is 38.4 Å². The summed E-state index contributed by atoms with van der Waals surface area (Å²) in [6.07, 6.45) is 3.31. The second kappa shape index (κ2) is 7.78. The van der Waals surface area contributed by atoms with E-state index in [9.17, 15) is 8.78 Å². The lowest BCUT2D eigenvalue weighted by molar-refractivity contribution is 0.214. The first kappa shape index (κ1) is 16.3. The summed E-state index contributed by atoms with van der Waals surface area (Å²) in [6, 6.07) is 4.10. The zero-order valence-electron chi connectivity index (χ0n) is 11.2. The molecule has 0 radical (unpaired) electrons. The molecule has 1 aliphatic heterocycles. The fraction of sp³-hybridized carbons (Fsp3) is 0.571. The average Bonchev–Trinajstić information content (AvgIpc) is 2.62. The molecule has 2 rings (SSSR count). The van der Waals surface area contributed by atoms with Crippen LogP contribution in [0.25, 0.3) is 0 Å². The molecule has 0 aromatic heterocycles. The maximum Gasteiger partial charge on any atom is 0.127 e. The number of rotatable bonds is 3. The first-order valence-corrected chi connectivity index (χ1v) is 6.51. The van der Waals surface area contributed by atoms with Crippen molar-refractivity contribution in [2.75, 3.05) is 20.1 Å². The highest BCUT2D eigenvalue weighted by Crippen LogP contribution is 2.17. The van der Waals surface area contributed by atoms with Crippen LogP contribution < -0.4 is 5.32 Å². The Morgan fingerprint density at radius 1 is 1.26 bits per heavy atom. The number of halogens is 3. The Kier molecular flexibility index (Phi) is 6.69. The largest absolute Gasteiger partial charge is 0.317 e. The van der Waals surface area contributed by atoms with E-state index in [1.165, 1.54) is 12.1 Å². The van der Waals surface area contributed by atoms with Crippen LogP contribution in [-0.4, -0.2) is 31.1 Å². The Labute approximate surface area is 119 Å². The van der Waals surface area contributed by atoms with Crippen LogP contribution in [0.2, 0.25) is 0 Å². The second-order valence-electron chi connectivity index (χ2n) is 4.99. The van der Waals surface area contributed by atoms with Gasteiger partial charge in [0.15, 0.2) is 0 Å². The van der Waals surface area contributed by atoms with Gasteiger partial charge in [-0.25, -0.2) is 8.78 Å². The van der Waals surface area contributed by atoms with Gasteiger partial charge in [0.25, 0.3) is 0 Å². The third-order valence-corrected chi connectivity index (χ3v) is 3.60. The predicted molar refractivity (Wildman–Crippen MR) is 75.6 cm³/mol. The summed E-state index contributed by atoms with van der Waals surface area (Å²) >= 11 is 0. The molecule has 0 aliphatic carbocycles. The van der Waals surface area contributed by atoms with Gasteiger partial charge in [0, 0.05) is 18.2 Å². The Balaban J connectivity index is 0.00000180. The minimum absolute atomic E-state index is 0. The fourth-order valence-corrected chi connectivity index (χ4v) is 2.50. The van der Waals surface area contributed by atoms with Gasteiger partial charge >= 0.3 is 0 Å². The Morgan fingerprint density at radius 2 is 2.05 bits per heavy atom. The summed E-state index contributed by atoms with van der Waals surface area (Å²) in [5, 5.41) is 3.36. The van der Waals surface area contributed by atoms with Crippen LogP contribution in [0.15, 0.2) is 18.2 Å². The summed E-state index contributed by atoms with van der Waals surface area (Å²) in [6.45, 7) is 2.52. The third-order valence-electron chi connectivity index (χ3n) is 3.60. The Bertz CT molecular complexity index is 393. The predicted octanol–water partition coefficient (Wildman–Crippen LogP) is 2.96. The molecule has 0 saturated carbocycles. The number of nitrogens with one attached hydrogen (secondary N) is 1. The smallest absolute Gasteiger partial charge is 0.127 e. The van der Waals surface area contributed by atoms with Gasteiger partial charge in [0.2, 0.25) is 0 Å². The molecular weight excluding hydrogens is 270 g/mol. The van der Waals surface area contributed by atoms with Crippen molar-refractivity contribution in [3.05, 3.63) is 35.4 Å². The molecule has 19 heavy (non-hydrogen) atoms. The number of hydrogen-bond donors (Lipinski definition) is 1. The summed E-state index contributed by atoms with van der Waals surface area (Å²) in [5.74, 6) is -0.697. The highest BCUT2D eigenvalue weighted by atomic mass is 35.5. The zero-order chi connectivity index (χ0) is 13.0. The van der Waals surface area contributed by atoms with E-state index in [1.807, 2.05) is 7.05 Å². The lowest BCUT2D eigenvalue weighted by Crippen LogP contribution is -2.32. The Hall–Kier alpha value is -0.710.